The van der Waals surface area contributed by atoms with E-state index in [2.05, 4.69) is 42.3 Å². The number of ether oxygens (including phenoxy) is 1. The Morgan fingerprint density at radius 2 is 1.83 bits per heavy atom. The van der Waals surface area contributed by atoms with Gasteiger partial charge in [0, 0.05) is 19.6 Å². The number of methoxy groups -OCH3 is 1. The summed E-state index contributed by atoms with van der Waals surface area (Å²) in [6, 6.07) is 6.48. The summed E-state index contributed by atoms with van der Waals surface area (Å²) in [7, 11) is 3.71. The van der Waals surface area contributed by atoms with Crippen LogP contribution in [0.4, 0.5) is 5.69 Å². The van der Waals surface area contributed by atoms with Gasteiger partial charge in [0.2, 0.25) is 0 Å². The van der Waals surface area contributed by atoms with Crippen LogP contribution in [-0.4, -0.2) is 27.2 Å². The molecule has 18 heavy (non-hydrogen) atoms. The molecule has 0 fully saturated rings. The zero-order valence-corrected chi connectivity index (χ0v) is 12.1. The van der Waals surface area contributed by atoms with Gasteiger partial charge in [-0.25, -0.2) is 0 Å². The summed E-state index contributed by atoms with van der Waals surface area (Å²) in [5, 5.41) is 3.17. The molecule has 0 aromatic heterocycles. The number of nitrogens with one attached hydrogen (secondary N) is 1. The first-order valence-electron chi connectivity index (χ1n) is 6.83. The molecule has 1 rings (SSSR count). The molecular formula is C15H26N2O. The average molecular weight is 250 g/mol. The topological polar surface area (TPSA) is 24.5 Å². The van der Waals surface area contributed by atoms with Gasteiger partial charge in [0.25, 0.3) is 0 Å². The normalized spacial score (nSPS) is 10.4. The van der Waals surface area contributed by atoms with Gasteiger partial charge in [-0.15, -0.1) is 0 Å². The van der Waals surface area contributed by atoms with Crippen molar-refractivity contribution in [3.8, 4) is 5.75 Å². The molecule has 0 bridgehead atoms. The van der Waals surface area contributed by atoms with Crippen molar-refractivity contribution in [3.05, 3.63) is 23.8 Å². The smallest absolute Gasteiger partial charge is 0.142 e. The van der Waals surface area contributed by atoms with E-state index in [1.54, 1.807) is 7.11 Å². The van der Waals surface area contributed by atoms with E-state index in [0.29, 0.717) is 0 Å². The molecule has 102 valence electrons. The van der Waals surface area contributed by atoms with Gasteiger partial charge in [-0.05, 0) is 37.6 Å². The maximum atomic E-state index is 5.54. The summed E-state index contributed by atoms with van der Waals surface area (Å²) in [6.07, 6.45) is 2.31. The second-order valence-corrected chi connectivity index (χ2v) is 4.52. The largest absolute Gasteiger partial charge is 0.495 e. The maximum Gasteiger partial charge on any atom is 0.142 e. The van der Waals surface area contributed by atoms with Gasteiger partial charge >= 0.3 is 0 Å². The molecule has 3 nitrogen and oxygen atoms in total. The molecule has 0 saturated carbocycles. The second-order valence-electron chi connectivity index (χ2n) is 4.52. The quantitative estimate of drug-likeness (QED) is 0.767. The molecule has 0 saturated heterocycles. The van der Waals surface area contributed by atoms with E-state index < -0.39 is 0 Å². The number of hydrogen-bond acceptors (Lipinski definition) is 3. The first-order valence-corrected chi connectivity index (χ1v) is 6.83. The molecule has 0 radical (unpaired) electrons. The lowest BCUT2D eigenvalue weighted by Crippen LogP contribution is -2.25. The van der Waals surface area contributed by atoms with Crippen LogP contribution in [0.2, 0.25) is 0 Å². The van der Waals surface area contributed by atoms with Gasteiger partial charge in [0.1, 0.15) is 5.75 Å². The van der Waals surface area contributed by atoms with Crippen molar-refractivity contribution in [2.75, 3.05) is 32.1 Å². The van der Waals surface area contributed by atoms with Crippen molar-refractivity contribution >= 4 is 5.69 Å². The average Bonchev–Trinajstić information content (AvgIpc) is 2.39. The van der Waals surface area contributed by atoms with Crippen LogP contribution in [0.25, 0.3) is 0 Å². The summed E-state index contributed by atoms with van der Waals surface area (Å²) >= 11 is 0. The number of nitrogens with zero attached hydrogens (tertiary/aromatic N) is 1. The Morgan fingerprint density at radius 1 is 1.17 bits per heavy atom. The molecular weight excluding hydrogens is 224 g/mol. The van der Waals surface area contributed by atoms with Crippen molar-refractivity contribution in [1.29, 1.82) is 0 Å². The van der Waals surface area contributed by atoms with Crippen molar-refractivity contribution in [3.63, 3.8) is 0 Å². The molecule has 0 aliphatic heterocycles. The Kier molecular flexibility index (Phi) is 6.58. The van der Waals surface area contributed by atoms with E-state index in [4.69, 9.17) is 4.74 Å². The summed E-state index contributed by atoms with van der Waals surface area (Å²) in [6.45, 7) is 7.46. The van der Waals surface area contributed by atoms with Crippen LogP contribution in [-0.2, 0) is 6.54 Å². The lowest BCUT2D eigenvalue weighted by Gasteiger charge is -2.26. The van der Waals surface area contributed by atoms with Crippen LogP contribution in [0.5, 0.6) is 5.75 Å². The highest BCUT2D eigenvalue weighted by Gasteiger charge is 2.11. The number of benzene rings is 1. The zero-order chi connectivity index (χ0) is 13.4. The van der Waals surface area contributed by atoms with E-state index in [0.717, 1.165) is 38.2 Å². The summed E-state index contributed by atoms with van der Waals surface area (Å²) in [5.74, 6) is 0.977. The predicted octanol–water partition coefficient (Wildman–Crippen LogP) is 3.04. The Morgan fingerprint density at radius 3 is 2.33 bits per heavy atom. The number of hydrogen-bond donors (Lipinski definition) is 1. The van der Waals surface area contributed by atoms with Crippen molar-refractivity contribution < 1.29 is 4.74 Å². The minimum absolute atomic E-state index is 0.873. The zero-order valence-electron chi connectivity index (χ0n) is 12.1. The van der Waals surface area contributed by atoms with Crippen molar-refractivity contribution in [2.45, 2.75) is 33.2 Å². The van der Waals surface area contributed by atoms with Gasteiger partial charge in [-0.3, -0.25) is 0 Å². The highest BCUT2D eigenvalue weighted by Crippen LogP contribution is 2.29. The maximum absolute atomic E-state index is 5.54. The minimum atomic E-state index is 0.873. The molecule has 0 unspecified atom stereocenters. The lowest BCUT2D eigenvalue weighted by atomic mass is 10.1. The van der Waals surface area contributed by atoms with E-state index in [1.165, 1.54) is 11.3 Å². The predicted molar refractivity (Wildman–Crippen MR) is 78.6 cm³/mol. The molecule has 0 atom stereocenters. The minimum Gasteiger partial charge on any atom is -0.495 e. The van der Waals surface area contributed by atoms with Crippen LogP contribution in [0.1, 0.15) is 32.3 Å². The van der Waals surface area contributed by atoms with Crippen LogP contribution in [0.15, 0.2) is 18.2 Å². The Hall–Kier alpha value is -1.22. The third-order valence-corrected chi connectivity index (χ3v) is 2.95. The fourth-order valence-electron chi connectivity index (χ4n) is 2.19. The Labute approximate surface area is 111 Å². The summed E-state index contributed by atoms with van der Waals surface area (Å²) < 4.78 is 5.54. The molecule has 0 amide bonds. The van der Waals surface area contributed by atoms with Gasteiger partial charge in [-0.1, -0.05) is 19.9 Å². The van der Waals surface area contributed by atoms with Crippen LogP contribution in [0, 0.1) is 0 Å². The molecule has 0 heterocycles. The SMILES string of the molecule is CCCN(CCC)c1ccc(CNC)cc1OC. The lowest BCUT2D eigenvalue weighted by molar-refractivity contribution is 0.413. The Bertz CT molecular complexity index is 346. The Balaban J connectivity index is 2.97. The molecule has 3 heteroatoms. The van der Waals surface area contributed by atoms with E-state index in [9.17, 15) is 0 Å². The van der Waals surface area contributed by atoms with Crippen LogP contribution >= 0.6 is 0 Å². The fraction of sp³-hybridized carbons (Fsp3) is 0.600. The van der Waals surface area contributed by atoms with E-state index in [-0.39, 0.29) is 0 Å². The summed E-state index contributed by atoms with van der Waals surface area (Å²) in [5.41, 5.74) is 2.46. The summed E-state index contributed by atoms with van der Waals surface area (Å²) in [4.78, 5) is 2.40. The van der Waals surface area contributed by atoms with Crippen molar-refractivity contribution in [2.24, 2.45) is 0 Å². The second kappa shape index (κ2) is 7.98. The first-order chi connectivity index (χ1) is 8.76. The third-order valence-electron chi connectivity index (χ3n) is 2.95. The van der Waals surface area contributed by atoms with Gasteiger partial charge in [0.05, 0.1) is 12.8 Å². The van der Waals surface area contributed by atoms with Gasteiger partial charge in [0.15, 0.2) is 0 Å². The van der Waals surface area contributed by atoms with Crippen molar-refractivity contribution in [1.82, 2.24) is 5.32 Å². The molecule has 0 aliphatic rings. The first kappa shape index (κ1) is 14.8. The van der Waals surface area contributed by atoms with Crippen LogP contribution < -0.4 is 15.0 Å². The third kappa shape index (κ3) is 3.91. The van der Waals surface area contributed by atoms with E-state index in [1.807, 2.05) is 7.05 Å². The number of anilines is 1. The fourth-order valence-corrected chi connectivity index (χ4v) is 2.19. The molecule has 0 spiro atoms. The van der Waals surface area contributed by atoms with Crippen LogP contribution in [0.3, 0.4) is 0 Å². The molecule has 1 aromatic rings. The van der Waals surface area contributed by atoms with E-state index >= 15 is 0 Å². The molecule has 1 N–H and O–H groups in total. The standard InChI is InChI=1S/C15H26N2O/c1-5-9-17(10-6-2)14-8-7-13(12-16-3)11-15(14)18-4/h7-8,11,16H,5-6,9-10,12H2,1-4H3. The molecule has 0 aliphatic carbocycles. The number of rotatable bonds is 8. The van der Waals surface area contributed by atoms with Gasteiger partial charge in [-0.2, -0.15) is 0 Å². The highest BCUT2D eigenvalue weighted by atomic mass is 16.5. The molecule has 1 aromatic carbocycles. The highest BCUT2D eigenvalue weighted by molar-refractivity contribution is 5.59. The van der Waals surface area contributed by atoms with Gasteiger partial charge < -0.3 is 15.0 Å². The monoisotopic (exact) mass is 250 g/mol.